The first-order valence-corrected chi connectivity index (χ1v) is 10.4. The molecule has 0 aromatic heterocycles. The molecule has 2 aromatic rings. The lowest BCUT2D eigenvalue weighted by Gasteiger charge is -2.18. The molecule has 2 aliphatic heterocycles. The van der Waals surface area contributed by atoms with Crippen LogP contribution >= 0.6 is 0 Å². The van der Waals surface area contributed by atoms with Crippen molar-refractivity contribution in [3.8, 4) is 5.75 Å². The fourth-order valence-corrected chi connectivity index (χ4v) is 3.98. The number of hydrazine groups is 1. The number of hydrogen-bond donors (Lipinski definition) is 3. The van der Waals surface area contributed by atoms with Crippen LogP contribution in [0.25, 0.3) is 5.70 Å². The summed E-state index contributed by atoms with van der Waals surface area (Å²) < 4.78 is 24.8. The smallest absolute Gasteiger partial charge is 0.414 e. The van der Waals surface area contributed by atoms with Gasteiger partial charge in [-0.2, -0.15) is 0 Å². The Morgan fingerprint density at radius 2 is 1.97 bits per heavy atom. The van der Waals surface area contributed by atoms with E-state index in [1.807, 2.05) is 32.3 Å². The second kappa shape index (κ2) is 9.36. The highest BCUT2D eigenvalue weighted by Crippen LogP contribution is 2.36. The lowest BCUT2D eigenvalue weighted by molar-refractivity contribution is 0.141. The van der Waals surface area contributed by atoms with E-state index in [1.54, 1.807) is 17.0 Å². The van der Waals surface area contributed by atoms with E-state index in [-0.39, 0.29) is 18.0 Å². The molecule has 0 saturated carbocycles. The molecule has 2 heterocycles. The largest absolute Gasteiger partial charge is 0.492 e. The summed E-state index contributed by atoms with van der Waals surface area (Å²) in [5, 5.41) is 3.04. The monoisotopic (exact) mass is 426 g/mol. The number of likely N-dealkylation sites (N-methyl/N-ethyl adjacent to an activating group) is 1. The fraction of sp³-hybridized carbons (Fsp3) is 0.348. The van der Waals surface area contributed by atoms with Gasteiger partial charge in [0.25, 0.3) is 0 Å². The number of nitrogens with zero attached hydrogens (tertiary/aromatic N) is 1. The molecule has 3 N–H and O–H groups in total. The van der Waals surface area contributed by atoms with Gasteiger partial charge >= 0.3 is 6.09 Å². The third-order valence-electron chi connectivity index (χ3n) is 5.45. The van der Waals surface area contributed by atoms with Crippen LogP contribution in [0.5, 0.6) is 5.75 Å². The number of cyclic esters (lactones) is 1. The maximum Gasteiger partial charge on any atom is 0.414 e. The molecular formula is C23H27FN4O3. The van der Waals surface area contributed by atoms with Crippen molar-refractivity contribution in [2.45, 2.75) is 18.9 Å². The van der Waals surface area contributed by atoms with Gasteiger partial charge in [-0.15, -0.1) is 0 Å². The van der Waals surface area contributed by atoms with E-state index in [0.717, 1.165) is 34.5 Å². The molecule has 0 radical (unpaired) electrons. The van der Waals surface area contributed by atoms with Gasteiger partial charge in [-0.1, -0.05) is 12.1 Å². The zero-order valence-electron chi connectivity index (χ0n) is 17.7. The summed E-state index contributed by atoms with van der Waals surface area (Å²) in [4.78, 5) is 13.9. The van der Waals surface area contributed by atoms with Crippen molar-refractivity contribution < 1.29 is 18.7 Å². The fourth-order valence-electron chi connectivity index (χ4n) is 3.98. The second-order valence-corrected chi connectivity index (χ2v) is 7.61. The molecule has 4 rings (SSSR count). The van der Waals surface area contributed by atoms with Crippen LogP contribution in [0.15, 0.2) is 48.0 Å². The molecule has 2 aromatic carbocycles. The molecule has 31 heavy (non-hydrogen) atoms. The van der Waals surface area contributed by atoms with E-state index in [1.165, 1.54) is 12.1 Å². The highest BCUT2D eigenvalue weighted by Gasteiger charge is 2.32. The quantitative estimate of drug-likeness (QED) is 0.592. The van der Waals surface area contributed by atoms with Gasteiger partial charge in [0.2, 0.25) is 0 Å². The number of carbonyl (C=O) groups is 1. The first kappa shape index (κ1) is 21.1. The van der Waals surface area contributed by atoms with E-state index in [2.05, 4.69) is 16.2 Å². The predicted molar refractivity (Wildman–Crippen MR) is 117 cm³/mol. The topological polar surface area (TPSA) is 74.9 Å². The van der Waals surface area contributed by atoms with Crippen molar-refractivity contribution in [2.75, 3.05) is 38.7 Å². The van der Waals surface area contributed by atoms with Crippen molar-refractivity contribution in [3.05, 3.63) is 65.0 Å². The van der Waals surface area contributed by atoms with E-state index in [0.29, 0.717) is 31.9 Å². The molecule has 0 bridgehead atoms. The lowest BCUT2D eigenvalue weighted by Crippen LogP contribution is -2.29. The number of carbonyl (C=O) groups excluding carboxylic acids is 1. The number of benzene rings is 2. The number of nitrogens with one attached hydrogen (secondary N) is 3. The van der Waals surface area contributed by atoms with E-state index >= 15 is 0 Å². The van der Waals surface area contributed by atoms with Crippen LogP contribution in [0.3, 0.4) is 0 Å². The lowest BCUT2D eigenvalue weighted by atomic mass is 9.97. The van der Waals surface area contributed by atoms with Crippen LogP contribution in [0.4, 0.5) is 14.9 Å². The SMILES string of the molecule is CNCC1CN(c2ccc3c(c2)OCCC(Cc2ccc(F)cc2)=C3NNC)C(=O)O1. The van der Waals surface area contributed by atoms with Crippen molar-refractivity contribution >= 4 is 17.5 Å². The van der Waals surface area contributed by atoms with E-state index in [4.69, 9.17) is 9.47 Å². The maximum atomic E-state index is 13.3. The summed E-state index contributed by atoms with van der Waals surface area (Å²) in [5.74, 6) is 0.458. The first-order valence-electron chi connectivity index (χ1n) is 10.4. The molecule has 1 amide bonds. The molecule has 2 aliphatic rings. The molecule has 1 saturated heterocycles. The summed E-state index contributed by atoms with van der Waals surface area (Å²) >= 11 is 0. The van der Waals surface area contributed by atoms with Crippen molar-refractivity contribution in [3.63, 3.8) is 0 Å². The maximum absolute atomic E-state index is 13.3. The molecule has 0 aliphatic carbocycles. The number of anilines is 1. The molecule has 7 nitrogen and oxygen atoms in total. The summed E-state index contributed by atoms with van der Waals surface area (Å²) in [6.45, 7) is 1.61. The third-order valence-corrected chi connectivity index (χ3v) is 5.45. The Morgan fingerprint density at radius 3 is 2.71 bits per heavy atom. The van der Waals surface area contributed by atoms with E-state index in [9.17, 15) is 9.18 Å². The minimum atomic E-state index is -0.352. The number of hydrogen-bond acceptors (Lipinski definition) is 6. The van der Waals surface area contributed by atoms with Crippen molar-refractivity contribution in [1.29, 1.82) is 0 Å². The average Bonchev–Trinajstić information content (AvgIpc) is 3.04. The Hall–Kier alpha value is -3.10. The van der Waals surface area contributed by atoms with Gasteiger partial charge in [0.15, 0.2) is 0 Å². The minimum Gasteiger partial charge on any atom is -0.492 e. The minimum absolute atomic E-state index is 0.180. The van der Waals surface area contributed by atoms with Gasteiger partial charge in [-0.25, -0.2) is 14.6 Å². The summed E-state index contributed by atoms with van der Waals surface area (Å²) in [5.41, 5.74) is 11.0. The zero-order valence-corrected chi connectivity index (χ0v) is 17.7. The van der Waals surface area contributed by atoms with Crippen LogP contribution in [0.2, 0.25) is 0 Å². The highest BCUT2D eigenvalue weighted by molar-refractivity contribution is 5.90. The Balaban J connectivity index is 1.64. The second-order valence-electron chi connectivity index (χ2n) is 7.61. The van der Waals surface area contributed by atoms with Crippen LogP contribution in [0.1, 0.15) is 17.5 Å². The van der Waals surface area contributed by atoms with Crippen LogP contribution in [-0.4, -0.2) is 46.0 Å². The Labute approximate surface area is 181 Å². The molecule has 1 fully saturated rings. The molecule has 0 spiro atoms. The first-order chi connectivity index (χ1) is 15.1. The number of halogens is 1. The van der Waals surface area contributed by atoms with Gasteiger partial charge in [0, 0.05) is 31.6 Å². The zero-order chi connectivity index (χ0) is 21.8. The van der Waals surface area contributed by atoms with E-state index < -0.39 is 0 Å². The van der Waals surface area contributed by atoms with Crippen molar-refractivity contribution in [2.24, 2.45) is 0 Å². The molecule has 8 heteroatoms. The standard InChI is InChI=1S/C23H27FN4O3/c1-25-13-19-14-28(23(29)31-19)18-7-8-20-21(12-18)30-10-9-16(22(20)27-26-2)11-15-3-5-17(24)6-4-15/h3-8,12,19,25-27H,9-11,13-14H2,1-2H3. The van der Waals surface area contributed by atoms with Gasteiger partial charge < -0.3 is 20.2 Å². The Bertz CT molecular complexity index is 977. The van der Waals surface area contributed by atoms with Crippen LogP contribution < -0.4 is 25.8 Å². The van der Waals surface area contributed by atoms with Gasteiger partial charge in [-0.05, 0) is 48.9 Å². The summed E-state index contributed by atoms with van der Waals surface area (Å²) in [6, 6.07) is 12.3. The normalized spacial score (nSPS) is 18.4. The van der Waals surface area contributed by atoms with Crippen LogP contribution in [-0.2, 0) is 11.2 Å². The van der Waals surface area contributed by atoms with Gasteiger partial charge in [-0.3, -0.25) is 4.90 Å². The molecule has 164 valence electrons. The van der Waals surface area contributed by atoms with Crippen LogP contribution in [0, 0.1) is 5.82 Å². The summed E-state index contributed by atoms with van der Waals surface area (Å²) in [7, 11) is 3.64. The average molecular weight is 426 g/mol. The number of amides is 1. The summed E-state index contributed by atoms with van der Waals surface area (Å²) in [6.07, 6.45) is 0.872. The molecule has 1 unspecified atom stereocenters. The Morgan fingerprint density at radius 1 is 1.16 bits per heavy atom. The van der Waals surface area contributed by atoms with Crippen molar-refractivity contribution in [1.82, 2.24) is 16.2 Å². The number of ether oxygens (including phenoxy) is 2. The Kier molecular flexibility index (Phi) is 6.39. The number of fused-ring (bicyclic) bond motifs is 1. The van der Waals surface area contributed by atoms with Gasteiger partial charge in [0.05, 0.1) is 24.5 Å². The highest BCUT2D eigenvalue weighted by atomic mass is 19.1. The molecular weight excluding hydrogens is 399 g/mol. The predicted octanol–water partition coefficient (Wildman–Crippen LogP) is 2.83. The third kappa shape index (κ3) is 4.65. The number of rotatable bonds is 7. The molecule has 1 atom stereocenters. The van der Waals surface area contributed by atoms with Gasteiger partial charge in [0.1, 0.15) is 17.7 Å².